The van der Waals surface area contributed by atoms with Crippen LogP contribution in [0, 0.1) is 0 Å². The van der Waals surface area contributed by atoms with Crippen molar-refractivity contribution in [1.82, 2.24) is 10.2 Å². The van der Waals surface area contributed by atoms with Crippen molar-refractivity contribution in [1.29, 1.82) is 0 Å². The van der Waals surface area contributed by atoms with E-state index in [0.29, 0.717) is 39.0 Å². The highest BCUT2D eigenvalue weighted by Gasteiger charge is 2.04. The Morgan fingerprint density at radius 1 is 1.27 bits per heavy atom. The number of amides is 2. The molecule has 0 aromatic carbocycles. The molecule has 6 heteroatoms. The summed E-state index contributed by atoms with van der Waals surface area (Å²) in [7, 11) is 1.85. The molecule has 0 spiro atoms. The molecule has 0 aliphatic rings. The fourth-order valence-electron chi connectivity index (χ4n) is 1.01. The Bertz CT molecular complexity index is 208. The highest BCUT2D eigenvalue weighted by Crippen LogP contribution is 1.90. The van der Waals surface area contributed by atoms with Crippen LogP contribution >= 0.6 is 0 Å². The Kier molecular flexibility index (Phi) is 7.57. The van der Waals surface area contributed by atoms with Crippen molar-refractivity contribution in [2.45, 2.75) is 12.8 Å². The Labute approximate surface area is 90.0 Å². The van der Waals surface area contributed by atoms with E-state index < -0.39 is 0 Å². The van der Waals surface area contributed by atoms with E-state index in [2.05, 4.69) is 5.32 Å². The Balaban J connectivity index is 3.48. The minimum absolute atomic E-state index is 0.0219. The molecular weight excluding hydrogens is 196 g/mol. The normalized spacial score (nSPS) is 10.3. The lowest BCUT2D eigenvalue weighted by Gasteiger charge is -2.14. The highest BCUT2D eigenvalue weighted by molar-refractivity contribution is 5.76. The molecule has 88 valence electrons. The third-order valence-electron chi connectivity index (χ3n) is 1.93. The largest absolute Gasteiger partial charge is 0.370 e. The van der Waals surface area contributed by atoms with Gasteiger partial charge in [-0.2, -0.15) is 0 Å². The van der Waals surface area contributed by atoms with Gasteiger partial charge in [0.2, 0.25) is 11.8 Å². The molecule has 0 unspecified atom stereocenters. The Hall–Kier alpha value is -1.14. The summed E-state index contributed by atoms with van der Waals surface area (Å²) in [6.45, 7) is 2.15. The van der Waals surface area contributed by atoms with Gasteiger partial charge >= 0.3 is 0 Å². The number of nitrogens with two attached hydrogens (primary N) is 2. The van der Waals surface area contributed by atoms with Gasteiger partial charge in [-0.25, -0.2) is 0 Å². The van der Waals surface area contributed by atoms with Gasteiger partial charge in [0.25, 0.3) is 0 Å². The molecule has 0 bridgehead atoms. The molecule has 6 nitrogen and oxygen atoms in total. The molecule has 0 saturated heterocycles. The second kappa shape index (κ2) is 8.19. The number of rotatable bonds is 8. The second-order valence-corrected chi connectivity index (χ2v) is 3.41. The molecule has 0 fully saturated rings. The van der Waals surface area contributed by atoms with Crippen molar-refractivity contribution in [2.24, 2.45) is 11.5 Å². The van der Waals surface area contributed by atoms with Gasteiger partial charge in [0.05, 0.1) is 0 Å². The molecule has 0 radical (unpaired) electrons. The molecule has 0 aliphatic heterocycles. The van der Waals surface area contributed by atoms with Gasteiger partial charge in [-0.1, -0.05) is 0 Å². The van der Waals surface area contributed by atoms with Gasteiger partial charge in [-0.15, -0.1) is 0 Å². The van der Waals surface area contributed by atoms with Crippen LogP contribution in [0.5, 0.6) is 0 Å². The van der Waals surface area contributed by atoms with Gasteiger partial charge in [0.15, 0.2) is 0 Å². The number of carbonyl (C=O) groups excluding carboxylic acids is 2. The van der Waals surface area contributed by atoms with Crippen LogP contribution in [-0.4, -0.2) is 49.9 Å². The van der Waals surface area contributed by atoms with Crippen LogP contribution in [0.1, 0.15) is 12.8 Å². The summed E-state index contributed by atoms with van der Waals surface area (Å²) in [4.78, 5) is 23.5. The summed E-state index contributed by atoms with van der Waals surface area (Å²) in [5.41, 5.74) is 10.2. The fourth-order valence-corrected chi connectivity index (χ4v) is 1.01. The molecule has 0 heterocycles. The molecule has 0 aromatic rings. The van der Waals surface area contributed by atoms with Crippen molar-refractivity contribution in [3.05, 3.63) is 0 Å². The molecule has 15 heavy (non-hydrogen) atoms. The zero-order chi connectivity index (χ0) is 11.7. The molecule has 0 aromatic heterocycles. The van der Waals surface area contributed by atoms with Gasteiger partial charge in [0.1, 0.15) is 0 Å². The molecule has 0 atom stereocenters. The first kappa shape index (κ1) is 13.9. The first-order valence-corrected chi connectivity index (χ1v) is 5.00. The van der Waals surface area contributed by atoms with E-state index >= 15 is 0 Å². The summed E-state index contributed by atoms with van der Waals surface area (Å²) in [6, 6.07) is 0. The van der Waals surface area contributed by atoms with Crippen molar-refractivity contribution in [2.75, 3.05) is 33.2 Å². The molecule has 0 aliphatic carbocycles. The lowest BCUT2D eigenvalue weighted by atomic mass is 10.3. The average molecular weight is 216 g/mol. The van der Waals surface area contributed by atoms with E-state index in [1.165, 1.54) is 0 Å². The number of carbonyl (C=O) groups is 2. The Morgan fingerprint density at radius 3 is 2.40 bits per heavy atom. The molecule has 0 rings (SSSR count). The summed E-state index contributed by atoms with van der Waals surface area (Å²) in [5, 5.41) is 2.67. The van der Waals surface area contributed by atoms with Crippen LogP contribution in [0.25, 0.3) is 0 Å². The SMILES string of the molecule is CN(CCC(N)=O)CCC(=O)NCCN. The van der Waals surface area contributed by atoms with Crippen LogP contribution in [0.15, 0.2) is 0 Å². The van der Waals surface area contributed by atoms with Crippen molar-refractivity contribution in [3.63, 3.8) is 0 Å². The van der Waals surface area contributed by atoms with E-state index in [1.807, 2.05) is 11.9 Å². The number of primary amides is 1. The second-order valence-electron chi connectivity index (χ2n) is 3.41. The molecule has 5 N–H and O–H groups in total. The molecular formula is C9H20N4O2. The van der Waals surface area contributed by atoms with Gasteiger partial charge in [0, 0.05) is 39.0 Å². The quantitative estimate of drug-likeness (QED) is 0.448. The third-order valence-corrected chi connectivity index (χ3v) is 1.93. The number of hydrogen-bond acceptors (Lipinski definition) is 4. The van der Waals surface area contributed by atoms with E-state index in [0.717, 1.165) is 0 Å². The minimum atomic E-state index is -0.325. The molecule has 2 amide bonds. The fraction of sp³-hybridized carbons (Fsp3) is 0.778. The van der Waals surface area contributed by atoms with E-state index in [9.17, 15) is 9.59 Å². The summed E-state index contributed by atoms with van der Waals surface area (Å²) in [5.74, 6) is -0.346. The highest BCUT2D eigenvalue weighted by atomic mass is 16.1. The van der Waals surface area contributed by atoms with Gasteiger partial charge in [-0.3, -0.25) is 9.59 Å². The number of hydrogen-bond donors (Lipinski definition) is 3. The lowest BCUT2D eigenvalue weighted by Crippen LogP contribution is -2.33. The lowest BCUT2D eigenvalue weighted by molar-refractivity contribution is -0.121. The first-order valence-electron chi connectivity index (χ1n) is 5.00. The van der Waals surface area contributed by atoms with E-state index in [1.54, 1.807) is 0 Å². The van der Waals surface area contributed by atoms with Crippen LogP contribution in [-0.2, 0) is 9.59 Å². The summed E-state index contributed by atoms with van der Waals surface area (Å²) < 4.78 is 0. The van der Waals surface area contributed by atoms with E-state index in [-0.39, 0.29) is 11.8 Å². The topological polar surface area (TPSA) is 101 Å². The maximum atomic E-state index is 11.2. The minimum Gasteiger partial charge on any atom is -0.370 e. The Morgan fingerprint density at radius 2 is 1.87 bits per heavy atom. The van der Waals surface area contributed by atoms with Crippen molar-refractivity contribution < 1.29 is 9.59 Å². The summed E-state index contributed by atoms with van der Waals surface area (Å²) in [6.07, 6.45) is 0.732. The predicted octanol–water partition coefficient (Wildman–Crippen LogP) is -1.74. The predicted molar refractivity (Wildman–Crippen MR) is 58.0 cm³/mol. The van der Waals surface area contributed by atoms with Crippen LogP contribution < -0.4 is 16.8 Å². The third kappa shape index (κ3) is 9.17. The van der Waals surface area contributed by atoms with Crippen LogP contribution in [0.2, 0.25) is 0 Å². The van der Waals surface area contributed by atoms with Crippen LogP contribution in [0.4, 0.5) is 0 Å². The maximum Gasteiger partial charge on any atom is 0.221 e. The number of nitrogens with one attached hydrogen (secondary N) is 1. The smallest absolute Gasteiger partial charge is 0.221 e. The van der Waals surface area contributed by atoms with Gasteiger partial charge < -0.3 is 21.7 Å². The van der Waals surface area contributed by atoms with Crippen molar-refractivity contribution in [3.8, 4) is 0 Å². The van der Waals surface area contributed by atoms with Crippen LogP contribution in [0.3, 0.4) is 0 Å². The maximum absolute atomic E-state index is 11.2. The van der Waals surface area contributed by atoms with Crippen molar-refractivity contribution >= 4 is 11.8 Å². The standard InChI is InChI=1S/C9H20N4O2/c1-13(6-2-8(11)14)7-3-9(15)12-5-4-10/h2-7,10H2,1H3,(H2,11,14)(H,12,15). The average Bonchev–Trinajstić information content (AvgIpc) is 2.20. The number of nitrogens with zero attached hydrogens (tertiary/aromatic N) is 1. The summed E-state index contributed by atoms with van der Waals surface area (Å²) >= 11 is 0. The van der Waals surface area contributed by atoms with E-state index in [4.69, 9.17) is 11.5 Å². The first-order chi connectivity index (χ1) is 7.06. The molecule has 0 saturated carbocycles. The van der Waals surface area contributed by atoms with Gasteiger partial charge in [-0.05, 0) is 7.05 Å². The monoisotopic (exact) mass is 216 g/mol. The zero-order valence-corrected chi connectivity index (χ0v) is 9.16. The zero-order valence-electron chi connectivity index (χ0n) is 9.16.